The van der Waals surface area contributed by atoms with Gasteiger partial charge in [0.2, 0.25) is 0 Å². The minimum atomic E-state index is 0.638. The number of hydrogen-bond donors (Lipinski definition) is 1. The van der Waals surface area contributed by atoms with Crippen molar-refractivity contribution < 1.29 is 0 Å². The number of hydrazone groups is 1. The van der Waals surface area contributed by atoms with Crippen molar-refractivity contribution in [2.75, 3.05) is 0 Å². The second-order valence-electron chi connectivity index (χ2n) is 3.47. The maximum atomic E-state index is 4.32. The molecule has 1 aliphatic carbocycles. The molecule has 68 valence electrons. The smallest absolute Gasteiger partial charge is 0.0644 e. The van der Waals surface area contributed by atoms with Gasteiger partial charge >= 0.3 is 0 Å². The molecule has 1 aromatic rings. The quantitative estimate of drug-likeness (QED) is 0.551. The number of rotatable bonds is 3. The molecule has 0 saturated heterocycles. The highest BCUT2D eigenvalue weighted by atomic mass is 15.3. The van der Waals surface area contributed by atoms with Gasteiger partial charge < -0.3 is 5.43 Å². The summed E-state index contributed by atoms with van der Waals surface area (Å²) in [5, 5.41) is 4.32. The third-order valence-corrected chi connectivity index (χ3v) is 2.18. The van der Waals surface area contributed by atoms with Crippen molar-refractivity contribution in [1.82, 2.24) is 5.43 Å². The van der Waals surface area contributed by atoms with Gasteiger partial charge in [-0.05, 0) is 25.3 Å². The van der Waals surface area contributed by atoms with Crippen LogP contribution in [-0.2, 0) is 0 Å². The number of hydrogen-bond acceptors (Lipinski definition) is 2. The molecule has 0 aromatic heterocycles. The van der Waals surface area contributed by atoms with Gasteiger partial charge in [-0.1, -0.05) is 30.3 Å². The minimum Gasteiger partial charge on any atom is -0.307 e. The molecule has 0 unspecified atom stereocenters. The van der Waals surface area contributed by atoms with Gasteiger partial charge in [0.25, 0.3) is 0 Å². The summed E-state index contributed by atoms with van der Waals surface area (Å²) < 4.78 is 0. The van der Waals surface area contributed by atoms with Crippen LogP contribution in [0.2, 0.25) is 0 Å². The van der Waals surface area contributed by atoms with Crippen LogP contribution in [0.5, 0.6) is 0 Å². The maximum absolute atomic E-state index is 4.32. The lowest BCUT2D eigenvalue weighted by atomic mass is 10.1. The first-order valence-corrected chi connectivity index (χ1v) is 4.71. The van der Waals surface area contributed by atoms with Crippen LogP contribution in [0, 0.1) is 0 Å². The summed E-state index contributed by atoms with van der Waals surface area (Å²) in [7, 11) is 0. The summed E-state index contributed by atoms with van der Waals surface area (Å²) in [6.07, 6.45) is 2.54. The van der Waals surface area contributed by atoms with Crippen LogP contribution < -0.4 is 5.43 Å². The van der Waals surface area contributed by atoms with Gasteiger partial charge in [-0.25, -0.2) is 0 Å². The monoisotopic (exact) mass is 174 g/mol. The molecule has 2 rings (SSSR count). The molecule has 1 N–H and O–H groups in total. The van der Waals surface area contributed by atoms with Crippen LogP contribution in [0.1, 0.15) is 25.3 Å². The Morgan fingerprint density at radius 1 is 1.31 bits per heavy atom. The number of nitrogens with zero attached hydrogens (tertiary/aromatic N) is 1. The maximum Gasteiger partial charge on any atom is 0.0644 e. The van der Waals surface area contributed by atoms with Crippen molar-refractivity contribution in [3.05, 3.63) is 35.9 Å². The summed E-state index contributed by atoms with van der Waals surface area (Å²) >= 11 is 0. The lowest BCUT2D eigenvalue weighted by Gasteiger charge is -2.00. The van der Waals surface area contributed by atoms with Crippen LogP contribution in [0.4, 0.5) is 0 Å². The van der Waals surface area contributed by atoms with Gasteiger partial charge in [0, 0.05) is 6.04 Å². The van der Waals surface area contributed by atoms with Gasteiger partial charge in [-0.2, -0.15) is 5.10 Å². The molecule has 0 bridgehead atoms. The SMILES string of the molecule is C/C(=N/NC1CC1)c1ccccc1. The fourth-order valence-electron chi connectivity index (χ4n) is 1.14. The van der Waals surface area contributed by atoms with Crippen LogP contribution in [0.3, 0.4) is 0 Å². The highest BCUT2D eigenvalue weighted by Gasteiger charge is 2.19. The van der Waals surface area contributed by atoms with E-state index in [1.807, 2.05) is 25.1 Å². The molecular weight excluding hydrogens is 160 g/mol. The molecule has 0 aliphatic heterocycles. The molecule has 2 nitrogen and oxygen atoms in total. The fraction of sp³-hybridized carbons (Fsp3) is 0.364. The zero-order valence-electron chi connectivity index (χ0n) is 7.83. The Labute approximate surface area is 78.7 Å². The Kier molecular flexibility index (Phi) is 2.30. The second kappa shape index (κ2) is 3.60. The van der Waals surface area contributed by atoms with Crippen molar-refractivity contribution in [3.63, 3.8) is 0 Å². The molecule has 1 saturated carbocycles. The summed E-state index contributed by atoms with van der Waals surface area (Å²) in [6, 6.07) is 10.9. The van der Waals surface area contributed by atoms with Crippen molar-refractivity contribution in [2.45, 2.75) is 25.8 Å². The lowest BCUT2D eigenvalue weighted by Crippen LogP contribution is -2.11. The first kappa shape index (κ1) is 8.30. The van der Waals surface area contributed by atoms with Crippen molar-refractivity contribution in [2.24, 2.45) is 5.10 Å². The fourth-order valence-corrected chi connectivity index (χ4v) is 1.14. The third kappa shape index (κ3) is 2.31. The Hall–Kier alpha value is -1.31. The van der Waals surface area contributed by atoms with Gasteiger partial charge in [0.15, 0.2) is 0 Å². The molecule has 0 radical (unpaired) electrons. The second-order valence-corrected chi connectivity index (χ2v) is 3.47. The lowest BCUT2D eigenvalue weighted by molar-refractivity contribution is 0.737. The molecule has 1 aliphatic rings. The molecule has 1 aromatic carbocycles. The largest absolute Gasteiger partial charge is 0.307 e. The summed E-state index contributed by atoms with van der Waals surface area (Å²) in [5.74, 6) is 0. The minimum absolute atomic E-state index is 0.638. The number of nitrogens with one attached hydrogen (secondary N) is 1. The molecule has 0 heterocycles. The summed E-state index contributed by atoms with van der Waals surface area (Å²) in [5.41, 5.74) is 5.40. The Balaban J connectivity index is 2.02. The Bertz CT molecular complexity index is 299. The molecule has 1 fully saturated rings. The number of benzene rings is 1. The van der Waals surface area contributed by atoms with Gasteiger partial charge in [0.05, 0.1) is 5.71 Å². The zero-order chi connectivity index (χ0) is 9.10. The van der Waals surface area contributed by atoms with Crippen LogP contribution >= 0.6 is 0 Å². The standard InChI is InChI=1S/C11H14N2/c1-9(12-13-11-7-8-11)10-5-3-2-4-6-10/h2-6,11,13H,7-8H2,1H3/b12-9-. The van der Waals surface area contributed by atoms with E-state index < -0.39 is 0 Å². The normalized spacial score (nSPS) is 17.2. The van der Waals surface area contributed by atoms with Crippen molar-refractivity contribution >= 4 is 5.71 Å². The molecule has 0 atom stereocenters. The Morgan fingerprint density at radius 2 is 2.00 bits per heavy atom. The summed E-state index contributed by atoms with van der Waals surface area (Å²) in [6.45, 7) is 2.03. The van der Waals surface area contributed by atoms with E-state index in [0.717, 1.165) is 5.71 Å². The summed E-state index contributed by atoms with van der Waals surface area (Å²) in [4.78, 5) is 0. The zero-order valence-corrected chi connectivity index (χ0v) is 7.83. The van der Waals surface area contributed by atoms with E-state index in [1.165, 1.54) is 18.4 Å². The Morgan fingerprint density at radius 3 is 2.62 bits per heavy atom. The highest BCUT2D eigenvalue weighted by Crippen LogP contribution is 2.18. The average Bonchev–Trinajstić information content (AvgIpc) is 2.99. The van der Waals surface area contributed by atoms with Crippen molar-refractivity contribution in [1.29, 1.82) is 0 Å². The molecular formula is C11H14N2. The molecule has 13 heavy (non-hydrogen) atoms. The van der Waals surface area contributed by atoms with E-state index in [-0.39, 0.29) is 0 Å². The first-order valence-electron chi connectivity index (χ1n) is 4.71. The van der Waals surface area contributed by atoms with Crippen LogP contribution in [0.25, 0.3) is 0 Å². The third-order valence-electron chi connectivity index (χ3n) is 2.18. The van der Waals surface area contributed by atoms with Gasteiger partial charge in [0.1, 0.15) is 0 Å². The topological polar surface area (TPSA) is 24.4 Å². The van der Waals surface area contributed by atoms with E-state index in [2.05, 4.69) is 22.7 Å². The van der Waals surface area contributed by atoms with Crippen LogP contribution in [0.15, 0.2) is 35.4 Å². The molecule has 0 amide bonds. The molecule has 0 spiro atoms. The average molecular weight is 174 g/mol. The predicted octanol–water partition coefficient (Wildman–Crippen LogP) is 2.16. The van der Waals surface area contributed by atoms with E-state index in [0.29, 0.717) is 6.04 Å². The molecule has 2 heteroatoms. The predicted molar refractivity (Wildman–Crippen MR) is 54.8 cm³/mol. The van der Waals surface area contributed by atoms with Gasteiger partial charge in [-0.3, -0.25) is 0 Å². The van der Waals surface area contributed by atoms with Crippen molar-refractivity contribution in [3.8, 4) is 0 Å². The van der Waals surface area contributed by atoms with E-state index in [9.17, 15) is 0 Å². The first-order chi connectivity index (χ1) is 6.36. The van der Waals surface area contributed by atoms with Gasteiger partial charge in [-0.15, -0.1) is 0 Å². The van der Waals surface area contributed by atoms with Crippen LogP contribution in [-0.4, -0.2) is 11.8 Å². The van der Waals surface area contributed by atoms with E-state index in [1.54, 1.807) is 0 Å². The van der Waals surface area contributed by atoms with E-state index in [4.69, 9.17) is 0 Å². The van der Waals surface area contributed by atoms with E-state index >= 15 is 0 Å². The highest BCUT2D eigenvalue weighted by molar-refractivity contribution is 5.98.